The van der Waals surface area contributed by atoms with E-state index >= 15 is 0 Å². The van der Waals surface area contributed by atoms with E-state index in [1.807, 2.05) is 0 Å². The average Bonchev–Trinajstić information content (AvgIpc) is 2.38. The predicted octanol–water partition coefficient (Wildman–Crippen LogP) is 2.88. The molecule has 2 N–H and O–H groups in total. The van der Waals surface area contributed by atoms with Crippen molar-refractivity contribution in [1.29, 1.82) is 0 Å². The topological polar surface area (TPSA) is 35.5 Å². The first kappa shape index (κ1) is 17.9. The predicted molar refractivity (Wildman–Crippen MR) is 87.0 cm³/mol. The summed E-state index contributed by atoms with van der Waals surface area (Å²) in [7, 11) is 0. The molecule has 120 valence electrons. The van der Waals surface area contributed by atoms with Crippen LogP contribution in [0.1, 0.15) is 59.8 Å². The molecule has 0 bridgehead atoms. The lowest BCUT2D eigenvalue weighted by molar-refractivity contribution is 0.0837. The zero-order valence-corrected chi connectivity index (χ0v) is 14.1. The summed E-state index contributed by atoms with van der Waals surface area (Å²) in [5, 5.41) is 13.7. The molecule has 0 saturated carbocycles. The highest BCUT2D eigenvalue weighted by Crippen LogP contribution is 2.22. The number of hydrogen-bond acceptors (Lipinski definition) is 3. The Balaban J connectivity index is 2.43. The Morgan fingerprint density at radius 2 is 2.00 bits per heavy atom. The highest BCUT2D eigenvalue weighted by molar-refractivity contribution is 4.84. The summed E-state index contributed by atoms with van der Waals surface area (Å²) in [6.45, 7) is 13.6. The van der Waals surface area contributed by atoms with Crippen LogP contribution in [0.5, 0.6) is 0 Å². The summed E-state index contributed by atoms with van der Waals surface area (Å²) in [4.78, 5) is 2.59. The lowest BCUT2D eigenvalue weighted by Gasteiger charge is -2.39. The van der Waals surface area contributed by atoms with Gasteiger partial charge in [0.05, 0.1) is 6.10 Å². The lowest BCUT2D eigenvalue weighted by atomic mass is 9.88. The molecule has 3 nitrogen and oxygen atoms in total. The van der Waals surface area contributed by atoms with Gasteiger partial charge in [0.15, 0.2) is 0 Å². The minimum Gasteiger partial charge on any atom is -0.393 e. The molecule has 1 fully saturated rings. The fourth-order valence-corrected chi connectivity index (χ4v) is 3.25. The Morgan fingerprint density at radius 3 is 2.60 bits per heavy atom. The van der Waals surface area contributed by atoms with E-state index in [-0.39, 0.29) is 6.10 Å². The zero-order valence-electron chi connectivity index (χ0n) is 14.1. The molecule has 3 heteroatoms. The molecule has 1 heterocycles. The van der Waals surface area contributed by atoms with Crippen molar-refractivity contribution in [3.8, 4) is 0 Å². The number of nitrogens with one attached hydrogen (secondary N) is 1. The third-order valence-corrected chi connectivity index (χ3v) is 4.38. The molecule has 0 radical (unpaired) electrons. The van der Waals surface area contributed by atoms with Gasteiger partial charge in [-0.25, -0.2) is 0 Å². The number of nitrogens with zero attached hydrogens (tertiary/aromatic N) is 1. The average molecular weight is 284 g/mol. The zero-order chi connectivity index (χ0) is 15.0. The van der Waals surface area contributed by atoms with Gasteiger partial charge in [-0.3, -0.25) is 0 Å². The molecule has 1 saturated heterocycles. The third-order valence-electron chi connectivity index (χ3n) is 4.38. The number of aliphatic hydroxyl groups is 1. The van der Waals surface area contributed by atoms with Gasteiger partial charge in [0.1, 0.15) is 0 Å². The number of likely N-dealkylation sites (tertiary alicyclic amines) is 1. The van der Waals surface area contributed by atoms with Crippen LogP contribution in [-0.4, -0.2) is 48.3 Å². The van der Waals surface area contributed by atoms with Crippen molar-refractivity contribution in [3.05, 3.63) is 0 Å². The van der Waals surface area contributed by atoms with Gasteiger partial charge in [-0.05, 0) is 57.0 Å². The fraction of sp³-hybridized carbons (Fsp3) is 1.00. The number of piperidine rings is 1. The number of aliphatic hydroxyl groups excluding tert-OH is 1. The molecular weight excluding hydrogens is 248 g/mol. The van der Waals surface area contributed by atoms with Crippen molar-refractivity contribution in [2.75, 3.05) is 26.2 Å². The van der Waals surface area contributed by atoms with Crippen LogP contribution in [0.2, 0.25) is 0 Å². The summed E-state index contributed by atoms with van der Waals surface area (Å²) in [5.74, 6) is 1.43. The van der Waals surface area contributed by atoms with Crippen LogP contribution in [0.3, 0.4) is 0 Å². The quantitative estimate of drug-likeness (QED) is 0.683. The number of rotatable bonds is 9. The van der Waals surface area contributed by atoms with Gasteiger partial charge in [0.25, 0.3) is 0 Å². The molecule has 0 aromatic heterocycles. The van der Waals surface area contributed by atoms with Crippen LogP contribution in [0.4, 0.5) is 0 Å². The third kappa shape index (κ3) is 7.05. The molecule has 0 aromatic rings. The molecule has 1 aliphatic rings. The van der Waals surface area contributed by atoms with Crippen LogP contribution in [0.15, 0.2) is 0 Å². The Morgan fingerprint density at radius 1 is 1.25 bits per heavy atom. The van der Waals surface area contributed by atoms with E-state index < -0.39 is 0 Å². The van der Waals surface area contributed by atoms with Gasteiger partial charge in [0, 0.05) is 19.1 Å². The first-order valence-corrected chi connectivity index (χ1v) is 8.68. The smallest absolute Gasteiger partial charge is 0.0540 e. The molecule has 1 rings (SSSR count). The molecular formula is C17H36N2O. The molecule has 20 heavy (non-hydrogen) atoms. The summed E-state index contributed by atoms with van der Waals surface area (Å²) in [5.41, 5.74) is 0. The van der Waals surface area contributed by atoms with Crippen molar-refractivity contribution >= 4 is 0 Å². The Bertz CT molecular complexity index is 245. The van der Waals surface area contributed by atoms with E-state index in [9.17, 15) is 5.11 Å². The molecule has 0 spiro atoms. The molecule has 3 unspecified atom stereocenters. The summed E-state index contributed by atoms with van der Waals surface area (Å²) in [6, 6.07) is 0.614. The second-order valence-electron chi connectivity index (χ2n) is 6.99. The van der Waals surface area contributed by atoms with Gasteiger partial charge >= 0.3 is 0 Å². The SMILES string of the molecule is CCCN1CC(CC(O)CC)CC(NCCC(C)C)C1. The Labute approximate surface area is 126 Å². The van der Waals surface area contributed by atoms with Gasteiger partial charge in [0.2, 0.25) is 0 Å². The minimum atomic E-state index is -0.113. The van der Waals surface area contributed by atoms with Gasteiger partial charge in [-0.1, -0.05) is 27.7 Å². The fourth-order valence-electron chi connectivity index (χ4n) is 3.25. The minimum absolute atomic E-state index is 0.113. The van der Waals surface area contributed by atoms with Gasteiger partial charge in [-0.2, -0.15) is 0 Å². The second-order valence-corrected chi connectivity index (χ2v) is 6.99. The van der Waals surface area contributed by atoms with E-state index in [0.717, 1.165) is 25.3 Å². The Kier molecular flexibility index (Phi) is 8.74. The van der Waals surface area contributed by atoms with Gasteiger partial charge in [-0.15, -0.1) is 0 Å². The van der Waals surface area contributed by atoms with Gasteiger partial charge < -0.3 is 15.3 Å². The monoisotopic (exact) mass is 284 g/mol. The molecule has 3 atom stereocenters. The largest absolute Gasteiger partial charge is 0.393 e. The summed E-state index contributed by atoms with van der Waals surface area (Å²) < 4.78 is 0. The molecule has 0 amide bonds. The van der Waals surface area contributed by atoms with Crippen LogP contribution < -0.4 is 5.32 Å². The maximum atomic E-state index is 9.92. The van der Waals surface area contributed by atoms with Crippen LogP contribution in [0.25, 0.3) is 0 Å². The maximum Gasteiger partial charge on any atom is 0.0540 e. The standard InChI is InChI=1S/C17H36N2O/c1-5-9-19-12-15(11-17(20)6-2)10-16(13-19)18-8-7-14(3)4/h14-18,20H,5-13H2,1-4H3. The first-order chi connectivity index (χ1) is 9.55. The van der Waals surface area contributed by atoms with Crippen molar-refractivity contribution in [1.82, 2.24) is 10.2 Å². The second kappa shape index (κ2) is 9.75. The molecule has 0 aliphatic carbocycles. The highest BCUT2D eigenvalue weighted by atomic mass is 16.3. The van der Waals surface area contributed by atoms with Crippen LogP contribution >= 0.6 is 0 Å². The molecule has 0 aromatic carbocycles. The molecule has 1 aliphatic heterocycles. The lowest BCUT2D eigenvalue weighted by Crippen LogP contribution is -2.50. The van der Waals surface area contributed by atoms with E-state index in [1.54, 1.807) is 0 Å². The summed E-state index contributed by atoms with van der Waals surface area (Å²) >= 11 is 0. The first-order valence-electron chi connectivity index (χ1n) is 8.68. The van der Waals surface area contributed by atoms with E-state index in [0.29, 0.717) is 12.0 Å². The van der Waals surface area contributed by atoms with Crippen molar-refractivity contribution in [2.45, 2.75) is 71.9 Å². The van der Waals surface area contributed by atoms with Crippen LogP contribution in [-0.2, 0) is 0 Å². The van der Waals surface area contributed by atoms with E-state index in [4.69, 9.17) is 0 Å². The highest BCUT2D eigenvalue weighted by Gasteiger charge is 2.27. The van der Waals surface area contributed by atoms with Crippen molar-refractivity contribution in [2.24, 2.45) is 11.8 Å². The van der Waals surface area contributed by atoms with Crippen molar-refractivity contribution in [3.63, 3.8) is 0 Å². The van der Waals surface area contributed by atoms with E-state index in [1.165, 1.54) is 38.9 Å². The van der Waals surface area contributed by atoms with Crippen LogP contribution in [0, 0.1) is 11.8 Å². The maximum absolute atomic E-state index is 9.92. The van der Waals surface area contributed by atoms with E-state index in [2.05, 4.69) is 37.9 Å². The summed E-state index contributed by atoms with van der Waals surface area (Å²) in [6.07, 6.45) is 5.45. The Hall–Kier alpha value is -0.120. The normalized spacial score (nSPS) is 26.1. The van der Waals surface area contributed by atoms with Crippen molar-refractivity contribution < 1.29 is 5.11 Å². The number of hydrogen-bond donors (Lipinski definition) is 2.